The predicted molar refractivity (Wildman–Crippen MR) is 86.2 cm³/mol. The minimum absolute atomic E-state index is 0.0360. The van der Waals surface area contributed by atoms with Crippen molar-refractivity contribution < 1.29 is 0 Å². The van der Waals surface area contributed by atoms with E-state index in [-0.39, 0.29) is 5.54 Å². The summed E-state index contributed by atoms with van der Waals surface area (Å²) in [7, 11) is 0. The first-order valence-corrected chi connectivity index (χ1v) is 7.11. The summed E-state index contributed by atoms with van der Waals surface area (Å²) in [5.74, 6) is 1.04. The highest BCUT2D eigenvalue weighted by Gasteiger charge is 2.21. The zero-order valence-electron chi connectivity index (χ0n) is 12.7. The Morgan fingerprint density at radius 3 is 2.71 bits per heavy atom. The minimum atomic E-state index is -0.0360. The second-order valence-corrected chi connectivity index (χ2v) is 6.32. The van der Waals surface area contributed by atoms with Gasteiger partial charge in [0.15, 0.2) is 0 Å². The molecule has 0 atom stereocenters. The molecule has 108 valence electrons. The average Bonchev–Trinajstić information content (AvgIpc) is 2.76. The van der Waals surface area contributed by atoms with Crippen molar-refractivity contribution in [2.75, 3.05) is 5.73 Å². The molecule has 4 heteroatoms. The van der Waals surface area contributed by atoms with Crippen LogP contribution in [0.15, 0.2) is 42.7 Å². The Bertz CT molecular complexity index is 781. The van der Waals surface area contributed by atoms with Crippen molar-refractivity contribution in [2.24, 2.45) is 0 Å². The number of pyridine rings is 1. The van der Waals surface area contributed by atoms with Crippen molar-refractivity contribution >= 4 is 16.7 Å². The van der Waals surface area contributed by atoms with Crippen molar-refractivity contribution in [1.82, 2.24) is 14.5 Å². The normalized spacial score (nSPS) is 12.0. The summed E-state index contributed by atoms with van der Waals surface area (Å²) in [5, 5.41) is 0. The number of nitrogen functional groups attached to an aromatic ring is 1. The quantitative estimate of drug-likeness (QED) is 0.732. The fraction of sp³-hybridized carbons (Fsp3) is 0.294. The van der Waals surface area contributed by atoms with Crippen LogP contribution in [0.2, 0.25) is 0 Å². The van der Waals surface area contributed by atoms with Crippen molar-refractivity contribution in [3.63, 3.8) is 0 Å². The number of hydrogen-bond acceptors (Lipinski definition) is 3. The van der Waals surface area contributed by atoms with E-state index in [2.05, 4.69) is 36.4 Å². The molecular formula is C17H20N4. The highest BCUT2D eigenvalue weighted by atomic mass is 15.1. The van der Waals surface area contributed by atoms with Gasteiger partial charge in [-0.15, -0.1) is 0 Å². The topological polar surface area (TPSA) is 56.7 Å². The van der Waals surface area contributed by atoms with E-state index in [0.29, 0.717) is 0 Å². The van der Waals surface area contributed by atoms with Gasteiger partial charge >= 0.3 is 0 Å². The molecule has 2 aromatic heterocycles. The predicted octanol–water partition coefficient (Wildman–Crippen LogP) is 3.36. The molecule has 4 nitrogen and oxygen atoms in total. The fourth-order valence-electron chi connectivity index (χ4n) is 2.73. The van der Waals surface area contributed by atoms with Crippen LogP contribution in [0, 0.1) is 0 Å². The summed E-state index contributed by atoms with van der Waals surface area (Å²) >= 11 is 0. The third kappa shape index (κ3) is 2.61. The van der Waals surface area contributed by atoms with E-state index in [0.717, 1.165) is 29.0 Å². The maximum absolute atomic E-state index is 5.87. The van der Waals surface area contributed by atoms with Crippen molar-refractivity contribution in [3.8, 4) is 0 Å². The second-order valence-electron chi connectivity index (χ2n) is 6.32. The molecule has 0 aliphatic carbocycles. The smallest absolute Gasteiger partial charge is 0.114 e. The lowest BCUT2D eigenvalue weighted by Gasteiger charge is -2.24. The maximum Gasteiger partial charge on any atom is 0.114 e. The van der Waals surface area contributed by atoms with Gasteiger partial charge in [0.05, 0.1) is 11.7 Å². The van der Waals surface area contributed by atoms with Gasteiger partial charge < -0.3 is 10.3 Å². The van der Waals surface area contributed by atoms with Gasteiger partial charge in [-0.3, -0.25) is 4.98 Å². The van der Waals surface area contributed by atoms with Crippen LogP contribution in [-0.4, -0.2) is 14.5 Å². The first kappa shape index (κ1) is 13.6. The number of fused-ring (bicyclic) bond motifs is 1. The first-order valence-electron chi connectivity index (χ1n) is 7.11. The lowest BCUT2D eigenvalue weighted by molar-refractivity contribution is 0.396. The van der Waals surface area contributed by atoms with Crippen LogP contribution < -0.4 is 5.73 Å². The van der Waals surface area contributed by atoms with Crippen LogP contribution in [0.4, 0.5) is 5.69 Å². The van der Waals surface area contributed by atoms with E-state index in [9.17, 15) is 0 Å². The molecule has 0 aliphatic rings. The van der Waals surface area contributed by atoms with E-state index >= 15 is 0 Å². The van der Waals surface area contributed by atoms with Crippen LogP contribution in [0.5, 0.6) is 0 Å². The van der Waals surface area contributed by atoms with Gasteiger partial charge in [-0.2, -0.15) is 0 Å². The molecule has 0 fully saturated rings. The van der Waals surface area contributed by atoms with E-state index in [1.54, 1.807) is 0 Å². The number of anilines is 1. The summed E-state index contributed by atoms with van der Waals surface area (Å²) < 4.78 is 2.28. The summed E-state index contributed by atoms with van der Waals surface area (Å²) in [5.41, 5.74) is 9.85. The zero-order chi connectivity index (χ0) is 15.0. The molecule has 0 spiro atoms. The Balaban J connectivity index is 2.13. The van der Waals surface area contributed by atoms with E-state index in [4.69, 9.17) is 10.7 Å². The Kier molecular flexibility index (Phi) is 3.16. The Morgan fingerprint density at radius 2 is 2.00 bits per heavy atom. The van der Waals surface area contributed by atoms with Crippen molar-refractivity contribution in [2.45, 2.75) is 32.7 Å². The third-order valence-corrected chi connectivity index (χ3v) is 3.51. The molecule has 3 rings (SSSR count). The second kappa shape index (κ2) is 4.88. The zero-order valence-corrected chi connectivity index (χ0v) is 12.7. The Labute approximate surface area is 124 Å². The average molecular weight is 280 g/mol. The molecule has 1 aromatic carbocycles. The number of imidazole rings is 1. The molecule has 21 heavy (non-hydrogen) atoms. The van der Waals surface area contributed by atoms with E-state index in [1.165, 1.54) is 5.56 Å². The highest BCUT2D eigenvalue weighted by molar-refractivity contribution is 5.75. The number of rotatable bonds is 2. The van der Waals surface area contributed by atoms with Gasteiger partial charge in [-0.25, -0.2) is 4.98 Å². The molecule has 0 amide bonds. The lowest BCUT2D eigenvalue weighted by atomic mass is 10.1. The van der Waals surface area contributed by atoms with Crippen LogP contribution in [0.3, 0.4) is 0 Å². The number of benzene rings is 1. The van der Waals surface area contributed by atoms with Crippen molar-refractivity contribution in [3.05, 3.63) is 54.1 Å². The minimum Gasteiger partial charge on any atom is -0.399 e. The Morgan fingerprint density at radius 1 is 1.19 bits per heavy atom. The van der Waals surface area contributed by atoms with Crippen LogP contribution in [-0.2, 0) is 12.0 Å². The molecular weight excluding hydrogens is 260 g/mol. The number of nitrogens with zero attached hydrogens (tertiary/aromatic N) is 3. The molecule has 0 radical (unpaired) electrons. The van der Waals surface area contributed by atoms with Gasteiger partial charge in [-0.1, -0.05) is 12.1 Å². The van der Waals surface area contributed by atoms with Gasteiger partial charge in [0.1, 0.15) is 11.3 Å². The van der Waals surface area contributed by atoms with Gasteiger partial charge in [-0.05, 0) is 44.5 Å². The van der Waals surface area contributed by atoms with Gasteiger partial charge in [0, 0.05) is 23.8 Å². The summed E-state index contributed by atoms with van der Waals surface area (Å²) in [6, 6.07) is 10.00. The molecule has 0 unspecified atom stereocenters. The van der Waals surface area contributed by atoms with Crippen LogP contribution >= 0.6 is 0 Å². The van der Waals surface area contributed by atoms with Crippen molar-refractivity contribution in [1.29, 1.82) is 0 Å². The van der Waals surface area contributed by atoms with Gasteiger partial charge in [0.2, 0.25) is 0 Å². The maximum atomic E-state index is 5.87. The molecule has 0 aliphatic heterocycles. The molecule has 0 saturated carbocycles. The molecule has 2 heterocycles. The van der Waals surface area contributed by atoms with E-state index in [1.807, 2.05) is 36.7 Å². The Hall–Kier alpha value is -2.36. The molecule has 3 aromatic rings. The third-order valence-electron chi connectivity index (χ3n) is 3.51. The number of nitrogens with two attached hydrogens (primary N) is 1. The number of hydrogen-bond donors (Lipinski definition) is 1. The standard InChI is InChI=1S/C17H20N4/c1-17(2,3)21-15-7-8-19-11-14(15)20-16(21)10-12-5-4-6-13(18)9-12/h4-9,11H,10,18H2,1-3H3. The summed E-state index contributed by atoms with van der Waals surface area (Å²) in [6.07, 6.45) is 4.40. The lowest BCUT2D eigenvalue weighted by Crippen LogP contribution is -2.24. The highest BCUT2D eigenvalue weighted by Crippen LogP contribution is 2.26. The summed E-state index contributed by atoms with van der Waals surface area (Å²) in [6.45, 7) is 6.58. The van der Waals surface area contributed by atoms with Crippen LogP contribution in [0.1, 0.15) is 32.2 Å². The molecule has 2 N–H and O–H groups in total. The number of aromatic nitrogens is 3. The SMILES string of the molecule is CC(C)(C)n1c(Cc2cccc(N)c2)nc2cnccc21. The van der Waals surface area contributed by atoms with Gasteiger partial charge in [0.25, 0.3) is 0 Å². The first-order chi connectivity index (χ1) is 9.95. The molecule has 0 saturated heterocycles. The molecule has 0 bridgehead atoms. The monoisotopic (exact) mass is 280 g/mol. The van der Waals surface area contributed by atoms with E-state index < -0.39 is 0 Å². The largest absolute Gasteiger partial charge is 0.399 e. The van der Waals surface area contributed by atoms with Crippen LogP contribution in [0.25, 0.3) is 11.0 Å². The summed E-state index contributed by atoms with van der Waals surface area (Å²) in [4.78, 5) is 8.94. The fourth-order valence-corrected chi connectivity index (χ4v) is 2.73.